The predicted molar refractivity (Wildman–Crippen MR) is 124 cm³/mol. The molecule has 0 aliphatic heterocycles. The average molecular weight is 474 g/mol. The Morgan fingerprint density at radius 2 is 1.70 bits per heavy atom. The molecule has 1 aromatic heterocycles. The van der Waals surface area contributed by atoms with Crippen LogP contribution in [0.1, 0.15) is 40.2 Å². The number of anilines is 1. The van der Waals surface area contributed by atoms with Gasteiger partial charge in [-0.2, -0.15) is 5.26 Å². The van der Waals surface area contributed by atoms with Gasteiger partial charge in [0.05, 0.1) is 19.8 Å². The van der Waals surface area contributed by atoms with Gasteiger partial charge in [0.2, 0.25) is 0 Å². The highest BCUT2D eigenvalue weighted by molar-refractivity contribution is 7.16. The molecule has 0 radical (unpaired) electrons. The van der Waals surface area contributed by atoms with Gasteiger partial charge in [0.25, 0.3) is 11.8 Å². The number of esters is 1. The average Bonchev–Trinajstić information content (AvgIpc) is 3.06. The zero-order valence-corrected chi connectivity index (χ0v) is 20.2. The zero-order chi connectivity index (χ0) is 24.7. The van der Waals surface area contributed by atoms with Crippen molar-refractivity contribution in [2.45, 2.75) is 33.7 Å². The van der Waals surface area contributed by atoms with Crippen molar-refractivity contribution in [1.82, 2.24) is 5.32 Å². The predicted octanol–water partition coefficient (Wildman–Crippen LogP) is 3.19. The molecule has 2 rings (SSSR count). The van der Waals surface area contributed by atoms with Gasteiger partial charge in [0, 0.05) is 16.5 Å². The minimum atomic E-state index is -0.983. The first-order chi connectivity index (χ1) is 15.6. The molecule has 1 heterocycles. The standard InChI is InChI=1S/C23H27N3O6S/c1-12(2)20(26-21(28)15-7-16(30-5)9-17(8-15)31-6)23(29)32-11-19(27)25-22-18(10-24)13(3)14(4)33-22/h7-9,12,20H,11H2,1-6H3,(H,25,27)(H,26,28)/t20-/m1/s1. The third-order valence-electron chi connectivity index (χ3n) is 4.92. The molecular formula is C23H27N3O6S. The van der Waals surface area contributed by atoms with Crippen LogP contribution in [0, 0.1) is 31.1 Å². The molecule has 2 aromatic rings. The molecule has 10 heteroatoms. The highest BCUT2D eigenvalue weighted by atomic mass is 32.1. The van der Waals surface area contributed by atoms with E-state index in [-0.39, 0.29) is 11.5 Å². The molecule has 0 fully saturated rings. The summed E-state index contributed by atoms with van der Waals surface area (Å²) in [6.07, 6.45) is 0. The zero-order valence-electron chi connectivity index (χ0n) is 19.4. The highest BCUT2D eigenvalue weighted by Crippen LogP contribution is 2.31. The number of aryl methyl sites for hydroxylation is 1. The fourth-order valence-corrected chi connectivity index (χ4v) is 3.93. The van der Waals surface area contributed by atoms with E-state index in [1.165, 1.54) is 37.7 Å². The number of nitrogens with one attached hydrogen (secondary N) is 2. The number of benzene rings is 1. The van der Waals surface area contributed by atoms with Crippen molar-refractivity contribution in [3.05, 3.63) is 39.8 Å². The number of thiophene rings is 1. The van der Waals surface area contributed by atoms with Crippen LogP contribution in [0.2, 0.25) is 0 Å². The fourth-order valence-electron chi connectivity index (χ4n) is 2.90. The topological polar surface area (TPSA) is 127 Å². The first kappa shape index (κ1) is 25.7. The van der Waals surface area contributed by atoms with E-state index in [4.69, 9.17) is 14.2 Å². The van der Waals surface area contributed by atoms with Crippen molar-refractivity contribution in [3.8, 4) is 17.6 Å². The lowest BCUT2D eigenvalue weighted by molar-refractivity contribution is -0.150. The van der Waals surface area contributed by atoms with Crippen LogP contribution in [0.25, 0.3) is 0 Å². The van der Waals surface area contributed by atoms with Crippen molar-refractivity contribution >= 4 is 34.1 Å². The Morgan fingerprint density at radius 1 is 1.09 bits per heavy atom. The molecule has 0 bridgehead atoms. The van der Waals surface area contributed by atoms with E-state index < -0.39 is 30.4 Å². The summed E-state index contributed by atoms with van der Waals surface area (Å²) in [5.74, 6) is -1.29. The van der Waals surface area contributed by atoms with Gasteiger partial charge in [0.15, 0.2) is 6.61 Å². The molecule has 0 spiro atoms. The van der Waals surface area contributed by atoms with Gasteiger partial charge in [-0.1, -0.05) is 13.8 Å². The second kappa shape index (κ2) is 11.3. The number of nitriles is 1. The monoisotopic (exact) mass is 473 g/mol. The number of methoxy groups -OCH3 is 2. The Morgan fingerprint density at radius 3 is 2.21 bits per heavy atom. The maximum atomic E-state index is 12.7. The second-order valence-corrected chi connectivity index (χ2v) is 8.78. The van der Waals surface area contributed by atoms with Crippen LogP contribution in [-0.4, -0.2) is 44.7 Å². The van der Waals surface area contributed by atoms with Crippen molar-refractivity contribution < 1.29 is 28.6 Å². The van der Waals surface area contributed by atoms with Gasteiger partial charge in [-0.15, -0.1) is 11.3 Å². The summed E-state index contributed by atoms with van der Waals surface area (Å²) in [5.41, 5.74) is 1.43. The Kier molecular flexibility index (Phi) is 8.82. The molecule has 0 aliphatic rings. The molecule has 33 heavy (non-hydrogen) atoms. The second-order valence-electron chi connectivity index (χ2n) is 7.55. The van der Waals surface area contributed by atoms with E-state index in [0.717, 1.165) is 10.4 Å². The minimum Gasteiger partial charge on any atom is -0.497 e. The van der Waals surface area contributed by atoms with Crippen LogP contribution in [0.3, 0.4) is 0 Å². The number of hydrogen-bond donors (Lipinski definition) is 2. The smallest absolute Gasteiger partial charge is 0.329 e. The normalized spacial score (nSPS) is 11.3. The van der Waals surface area contributed by atoms with Crippen molar-refractivity contribution in [2.24, 2.45) is 5.92 Å². The third-order valence-corrected chi connectivity index (χ3v) is 6.04. The minimum absolute atomic E-state index is 0.245. The summed E-state index contributed by atoms with van der Waals surface area (Å²) in [4.78, 5) is 38.6. The van der Waals surface area contributed by atoms with Crippen molar-refractivity contribution in [3.63, 3.8) is 0 Å². The molecule has 0 saturated carbocycles. The van der Waals surface area contributed by atoms with Gasteiger partial charge < -0.3 is 24.8 Å². The Labute approximate surface area is 196 Å². The van der Waals surface area contributed by atoms with Crippen LogP contribution < -0.4 is 20.1 Å². The number of carbonyl (C=O) groups excluding carboxylic acids is 3. The maximum Gasteiger partial charge on any atom is 0.329 e. The van der Waals surface area contributed by atoms with E-state index in [2.05, 4.69) is 16.7 Å². The summed E-state index contributed by atoms with van der Waals surface area (Å²) >= 11 is 1.28. The molecule has 0 saturated heterocycles. The molecule has 2 N–H and O–H groups in total. The lowest BCUT2D eigenvalue weighted by atomic mass is 10.0. The number of amides is 2. The van der Waals surface area contributed by atoms with Crippen molar-refractivity contribution in [1.29, 1.82) is 5.26 Å². The molecule has 9 nitrogen and oxygen atoms in total. The SMILES string of the molecule is COc1cc(OC)cc(C(=O)N[C@@H](C(=O)OCC(=O)Nc2sc(C)c(C)c2C#N)C(C)C)c1. The molecule has 0 unspecified atom stereocenters. The number of nitrogens with zero attached hydrogens (tertiary/aromatic N) is 1. The number of rotatable bonds is 9. The molecule has 1 aromatic carbocycles. The fraction of sp³-hybridized carbons (Fsp3) is 0.391. The quantitative estimate of drug-likeness (QED) is 0.536. The summed E-state index contributed by atoms with van der Waals surface area (Å²) in [7, 11) is 2.93. The van der Waals surface area contributed by atoms with Gasteiger partial charge in [0.1, 0.15) is 28.6 Å². The van der Waals surface area contributed by atoms with Crippen molar-refractivity contribution in [2.75, 3.05) is 26.1 Å². The summed E-state index contributed by atoms with van der Waals surface area (Å²) < 4.78 is 15.5. The summed E-state index contributed by atoms with van der Waals surface area (Å²) in [6.45, 7) is 6.59. The Balaban J connectivity index is 2.04. The molecular weight excluding hydrogens is 446 g/mol. The first-order valence-electron chi connectivity index (χ1n) is 10.1. The lowest BCUT2D eigenvalue weighted by Gasteiger charge is -2.21. The number of ether oxygens (including phenoxy) is 3. The number of hydrogen-bond acceptors (Lipinski definition) is 8. The maximum absolute atomic E-state index is 12.7. The summed E-state index contributed by atoms with van der Waals surface area (Å²) in [5, 5.41) is 14.9. The van der Waals surface area contributed by atoms with E-state index in [1.807, 2.05) is 6.92 Å². The van der Waals surface area contributed by atoms with E-state index in [9.17, 15) is 19.6 Å². The third kappa shape index (κ3) is 6.46. The Hall–Kier alpha value is -3.58. The van der Waals surface area contributed by atoms with Gasteiger partial charge in [-0.05, 0) is 37.5 Å². The van der Waals surface area contributed by atoms with Crippen LogP contribution in [0.5, 0.6) is 11.5 Å². The largest absolute Gasteiger partial charge is 0.497 e. The van der Waals surface area contributed by atoms with Gasteiger partial charge in [-0.3, -0.25) is 9.59 Å². The van der Waals surface area contributed by atoms with Crippen LogP contribution in [-0.2, 0) is 14.3 Å². The van der Waals surface area contributed by atoms with E-state index in [0.29, 0.717) is 22.1 Å². The van der Waals surface area contributed by atoms with E-state index in [1.54, 1.807) is 26.8 Å². The lowest BCUT2D eigenvalue weighted by Crippen LogP contribution is -2.46. The van der Waals surface area contributed by atoms with Crippen LogP contribution in [0.15, 0.2) is 18.2 Å². The van der Waals surface area contributed by atoms with Gasteiger partial charge in [-0.25, -0.2) is 4.79 Å². The van der Waals surface area contributed by atoms with Crippen LogP contribution >= 0.6 is 11.3 Å². The number of carbonyl (C=O) groups is 3. The summed E-state index contributed by atoms with van der Waals surface area (Å²) in [6, 6.07) is 5.74. The first-order valence-corrected chi connectivity index (χ1v) is 10.9. The van der Waals surface area contributed by atoms with Gasteiger partial charge >= 0.3 is 5.97 Å². The molecule has 0 aliphatic carbocycles. The molecule has 1 atom stereocenters. The van der Waals surface area contributed by atoms with Crippen LogP contribution in [0.4, 0.5) is 5.00 Å². The van der Waals surface area contributed by atoms with E-state index >= 15 is 0 Å². The highest BCUT2D eigenvalue weighted by Gasteiger charge is 2.27. The molecule has 176 valence electrons. The Bertz CT molecular complexity index is 1060. The molecule has 2 amide bonds.